The van der Waals surface area contributed by atoms with Crippen LogP contribution < -0.4 is 11.1 Å². The molecule has 1 fully saturated rings. The molecule has 102 valence electrons. The van der Waals surface area contributed by atoms with Crippen molar-refractivity contribution in [1.82, 2.24) is 10.2 Å². The molecule has 0 aromatic rings. The van der Waals surface area contributed by atoms with Crippen LogP contribution in [0.2, 0.25) is 0 Å². The summed E-state index contributed by atoms with van der Waals surface area (Å²) in [5.74, 6) is -0.186. The van der Waals surface area contributed by atoms with E-state index in [9.17, 15) is 10.1 Å². The van der Waals surface area contributed by atoms with Crippen LogP contribution in [0.5, 0.6) is 0 Å². The second kappa shape index (κ2) is 6.72. The number of carbonyl (C=O) groups is 1. The molecule has 1 heterocycles. The molecule has 1 aliphatic rings. The van der Waals surface area contributed by atoms with Crippen molar-refractivity contribution in [3.05, 3.63) is 0 Å². The largest absolute Gasteiger partial charge is 0.336 e. The molecule has 0 aromatic carbocycles. The van der Waals surface area contributed by atoms with E-state index in [1.165, 1.54) is 0 Å². The van der Waals surface area contributed by atoms with Gasteiger partial charge >= 0.3 is 0 Å². The van der Waals surface area contributed by atoms with Crippen LogP contribution in [0.4, 0.5) is 0 Å². The molecule has 0 spiro atoms. The van der Waals surface area contributed by atoms with E-state index in [4.69, 9.17) is 5.73 Å². The summed E-state index contributed by atoms with van der Waals surface area (Å²) in [6, 6.07) is 1.77. The number of amides is 1. The van der Waals surface area contributed by atoms with E-state index >= 15 is 0 Å². The normalized spacial score (nSPS) is 21.0. The van der Waals surface area contributed by atoms with Crippen LogP contribution in [-0.4, -0.2) is 42.5 Å². The molecule has 18 heavy (non-hydrogen) atoms. The first-order valence-electron chi connectivity index (χ1n) is 6.70. The molecule has 3 N–H and O–H groups in total. The summed E-state index contributed by atoms with van der Waals surface area (Å²) in [5, 5.41) is 12.2. The van der Waals surface area contributed by atoms with E-state index in [1.54, 1.807) is 0 Å². The third kappa shape index (κ3) is 3.97. The number of hydrogen-bond acceptors (Lipinski definition) is 4. The van der Waals surface area contributed by atoms with Crippen LogP contribution in [0.25, 0.3) is 0 Å². The standard InChI is InChI=1S/C13H24N4O/c1-3-4-5-11(15)12(18)16-13(10-14)6-8-17(2)9-7-13/h11H,3-9,15H2,1-2H3,(H,16,18). The summed E-state index contributed by atoms with van der Waals surface area (Å²) in [5.41, 5.74) is 5.11. The molecule has 0 bridgehead atoms. The van der Waals surface area contributed by atoms with Gasteiger partial charge in [0.1, 0.15) is 5.54 Å². The SMILES string of the molecule is CCCCC(N)C(=O)NC1(C#N)CCN(C)CC1. The number of nitrogens with one attached hydrogen (secondary N) is 1. The Labute approximate surface area is 109 Å². The van der Waals surface area contributed by atoms with Crippen LogP contribution >= 0.6 is 0 Å². The minimum absolute atomic E-state index is 0.186. The van der Waals surface area contributed by atoms with Gasteiger partial charge in [-0.05, 0) is 26.3 Å². The van der Waals surface area contributed by atoms with Gasteiger partial charge in [0.2, 0.25) is 5.91 Å². The Morgan fingerprint density at radius 3 is 2.67 bits per heavy atom. The van der Waals surface area contributed by atoms with Gasteiger partial charge in [0.05, 0.1) is 12.1 Å². The van der Waals surface area contributed by atoms with Crippen LogP contribution in [-0.2, 0) is 4.79 Å². The molecule has 1 saturated heterocycles. The lowest BCUT2D eigenvalue weighted by molar-refractivity contribution is -0.124. The van der Waals surface area contributed by atoms with Crippen molar-refractivity contribution in [1.29, 1.82) is 5.26 Å². The van der Waals surface area contributed by atoms with E-state index in [0.29, 0.717) is 19.3 Å². The van der Waals surface area contributed by atoms with Gasteiger partial charge in [0.25, 0.3) is 0 Å². The molecule has 1 rings (SSSR count). The van der Waals surface area contributed by atoms with E-state index in [2.05, 4.69) is 23.2 Å². The Morgan fingerprint density at radius 2 is 2.17 bits per heavy atom. The highest BCUT2D eigenvalue weighted by molar-refractivity contribution is 5.82. The van der Waals surface area contributed by atoms with Gasteiger partial charge in [-0.3, -0.25) is 4.79 Å². The molecule has 0 radical (unpaired) electrons. The summed E-state index contributed by atoms with van der Waals surface area (Å²) in [7, 11) is 2.02. The minimum atomic E-state index is -0.715. The summed E-state index contributed by atoms with van der Waals surface area (Å²) in [6.45, 7) is 3.73. The van der Waals surface area contributed by atoms with Crippen molar-refractivity contribution in [3.63, 3.8) is 0 Å². The molecule has 0 saturated carbocycles. The third-order valence-electron chi connectivity index (χ3n) is 3.62. The quantitative estimate of drug-likeness (QED) is 0.751. The lowest BCUT2D eigenvalue weighted by Crippen LogP contribution is -2.57. The van der Waals surface area contributed by atoms with Gasteiger partial charge in [-0.1, -0.05) is 19.8 Å². The van der Waals surface area contributed by atoms with Crippen molar-refractivity contribution in [2.75, 3.05) is 20.1 Å². The average molecular weight is 252 g/mol. The molecule has 1 atom stereocenters. The van der Waals surface area contributed by atoms with Gasteiger partial charge in [0, 0.05) is 13.1 Å². The van der Waals surface area contributed by atoms with Gasteiger partial charge in [-0.25, -0.2) is 0 Å². The summed E-state index contributed by atoms with van der Waals surface area (Å²) in [6.07, 6.45) is 3.99. The smallest absolute Gasteiger partial charge is 0.238 e. The molecule has 1 amide bonds. The van der Waals surface area contributed by atoms with E-state index < -0.39 is 11.6 Å². The number of rotatable bonds is 5. The lowest BCUT2D eigenvalue weighted by atomic mass is 9.88. The zero-order valence-electron chi connectivity index (χ0n) is 11.4. The number of piperidine rings is 1. The number of unbranched alkanes of at least 4 members (excludes halogenated alkanes) is 1. The van der Waals surface area contributed by atoms with Gasteiger partial charge < -0.3 is 16.0 Å². The second-order valence-electron chi connectivity index (χ2n) is 5.24. The summed E-state index contributed by atoms with van der Waals surface area (Å²) in [4.78, 5) is 14.1. The molecular formula is C13H24N4O. The van der Waals surface area contributed by atoms with E-state index in [-0.39, 0.29) is 5.91 Å². The first-order valence-corrected chi connectivity index (χ1v) is 6.70. The predicted octanol–water partition coefficient (Wildman–Crippen LogP) is 0.608. The molecule has 5 nitrogen and oxygen atoms in total. The Morgan fingerprint density at radius 1 is 1.56 bits per heavy atom. The maximum absolute atomic E-state index is 12.0. The molecule has 1 unspecified atom stereocenters. The van der Waals surface area contributed by atoms with Gasteiger partial charge in [0.15, 0.2) is 0 Å². The lowest BCUT2D eigenvalue weighted by Gasteiger charge is -2.36. The summed E-state index contributed by atoms with van der Waals surface area (Å²) >= 11 is 0. The minimum Gasteiger partial charge on any atom is -0.336 e. The molecule has 1 aliphatic heterocycles. The maximum atomic E-state index is 12.0. The molecule has 0 aliphatic carbocycles. The van der Waals surface area contributed by atoms with E-state index in [0.717, 1.165) is 25.9 Å². The Balaban J connectivity index is 2.53. The summed E-state index contributed by atoms with van der Waals surface area (Å²) < 4.78 is 0. The van der Waals surface area contributed by atoms with E-state index in [1.807, 2.05) is 7.05 Å². The van der Waals surface area contributed by atoms with Crippen molar-refractivity contribution in [3.8, 4) is 6.07 Å². The van der Waals surface area contributed by atoms with Crippen molar-refractivity contribution in [2.24, 2.45) is 5.73 Å². The molecular weight excluding hydrogens is 228 g/mol. The first-order chi connectivity index (χ1) is 8.53. The maximum Gasteiger partial charge on any atom is 0.238 e. The Bertz CT molecular complexity index is 315. The van der Waals surface area contributed by atoms with Gasteiger partial charge in [-0.15, -0.1) is 0 Å². The fraction of sp³-hybridized carbons (Fsp3) is 0.846. The van der Waals surface area contributed by atoms with Crippen LogP contribution in [0.15, 0.2) is 0 Å². The van der Waals surface area contributed by atoms with Crippen LogP contribution in [0, 0.1) is 11.3 Å². The first kappa shape index (κ1) is 14.9. The number of nitrogens with two attached hydrogens (primary N) is 1. The van der Waals surface area contributed by atoms with Gasteiger partial charge in [-0.2, -0.15) is 5.26 Å². The predicted molar refractivity (Wildman–Crippen MR) is 70.7 cm³/mol. The van der Waals surface area contributed by atoms with Crippen molar-refractivity contribution < 1.29 is 4.79 Å². The highest BCUT2D eigenvalue weighted by Crippen LogP contribution is 2.21. The molecule has 5 heteroatoms. The zero-order chi connectivity index (χ0) is 13.6. The van der Waals surface area contributed by atoms with Crippen molar-refractivity contribution in [2.45, 2.75) is 50.6 Å². The highest BCUT2D eigenvalue weighted by Gasteiger charge is 2.36. The number of hydrogen-bond donors (Lipinski definition) is 2. The number of nitrogens with zero attached hydrogens (tertiary/aromatic N) is 2. The van der Waals surface area contributed by atoms with Crippen molar-refractivity contribution >= 4 is 5.91 Å². The number of carbonyl (C=O) groups excluding carboxylic acids is 1. The average Bonchev–Trinajstić information content (AvgIpc) is 2.38. The fourth-order valence-electron chi connectivity index (χ4n) is 2.15. The van der Waals surface area contributed by atoms with Crippen LogP contribution in [0.3, 0.4) is 0 Å². The number of nitriles is 1. The third-order valence-corrected chi connectivity index (χ3v) is 3.62. The molecule has 0 aromatic heterocycles. The second-order valence-corrected chi connectivity index (χ2v) is 5.24. The topological polar surface area (TPSA) is 82.1 Å². The highest BCUT2D eigenvalue weighted by atomic mass is 16.2. The number of likely N-dealkylation sites (tertiary alicyclic amines) is 1. The van der Waals surface area contributed by atoms with Crippen LogP contribution in [0.1, 0.15) is 39.0 Å². The Hall–Kier alpha value is -1.12. The Kier molecular flexibility index (Phi) is 5.57. The monoisotopic (exact) mass is 252 g/mol. The zero-order valence-corrected chi connectivity index (χ0v) is 11.4. The fourth-order valence-corrected chi connectivity index (χ4v) is 2.15.